The van der Waals surface area contributed by atoms with Crippen molar-refractivity contribution in [3.8, 4) is 0 Å². The highest BCUT2D eigenvalue weighted by Gasteiger charge is 2.45. The van der Waals surface area contributed by atoms with Gasteiger partial charge in [-0.1, -0.05) is 18.2 Å². The lowest BCUT2D eigenvalue weighted by Gasteiger charge is -2.47. The number of benzene rings is 1. The quantitative estimate of drug-likeness (QED) is 0.788. The number of carbonyl (C=O) groups excluding carboxylic acids is 1. The third-order valence-corrected chi connectivity index (χ3v) is 6.83. The molecular weight excluding hydrogens is 340 g/mol. The van der Waals surface area contributed by atoms with Crippen LogP contribution in [0.5, 0.6) is 0 Å². The van der Waals surface area contributed by atoms with E-state index in [2.05, 4.69) is 41.1 Å². The Hall–Kier alpha value is -2.27. The lowest BCUT2D eigenvalue weighted by Crippen LogP contribution is -2.53. The second-order valence-corrected chi connectivity index (χ2v) is 8.14. The zero-order valence-electron chi connectivity index (χ0n) is 15.9. The van der Waals surface area contributed by atoms with E-state index in [9.17, 15) is 4.79 Å². The van der Waals surface area contributed by atoms with Gasteiger partial charge in [-0.25, -0.2) is 4.79 Å². The van der Waals surface area contributed by atoms with Crippen molar-refractivity contribution in [1.82, 2.24) is 9.88 Å². The van der Waals surface area contributed by atoms with Crippen molar-refractivity contribution in [2.24, 2.45) is 11.8 Å². The number of ether oxygens (including phenoxy) is 2. The van der Waals surface area contributed by atoms with Crippen LogP contribution in [-0.2, 0) is 27.1 Å². The molecule has 1 N–H and O–H groups in total. The molecule has 3 aliphatic rings. The van der Waals surface area contributed by atoms with Crippen LogP contribution in [0.4, 0.5) is 0 Å². The monoisotopic (exact) mass is 366 g/mol. The Balaban J connectivity index is 1.47. The first kappa shape index (κ1) is 16.9. The number of nitrogens with one attached hydrogen (secondary N) is 1. The van der Waals surface area contributed by atoms with Gasteiger partial charge in [-0.05, 0) is 31.4 Å². The molecule has 5 heteroatoms. The highest BCUT2D eigenvalue weighted by Crippen LogP contribution is 2.42. The lowest BCUT2D eigenvalue weighted by molar-refractivity contribution is -0.139. The number of nitrogens with zero attached hydrogens (tertiary/aromatic N) is 1. The molecule has 0 bridgehead atoms. The van der Waals surface area contributed by atoms with E-state index < -0.39 is 0 Å². The van der Waals surface area contributed by atoms with Crippen LogP contribution in [0.15, 0.2) is 36.1 Å². The number of methoxy groups -OCH3 is 1. The molecule has 1 aromatic carbocycles. The molecule has 0 amide bonds. The maximum Gasteiger partial charge on any atom is 0.337 e. The summed E-state index contributed by atoms with van der Waals surface area (Å²) >= 11 is 0. The Morgan fingerprint density at radius 1 is 1.33 bits per heavy atom. The first-order valence-electron chi connectivity index (χ1n) is 9.92. The van der Waals surface area contributed by atoms with E-state index in [4.69, 9.17) is 9.47 Å². The molecule has 5 nitrogen and oxygen atoms in total. The van der Waals surface area contributed by atoms with Crippen LogP contribution < -0.4 is 0 Å². The molecule has 142 valence electrons. The van der Waals surface area contributed by atoms with Gasteiger partial charge in [-0.2, -0.15) is 0 Å². The molecule has 0 saturated carbocycles. The molecule has 0 aliphatic carbocycles. The summed E-state index contributed by atoms with van der Waals surface area (Å²) in [4.78, 5) is 18.6. The number of para-hydroxylation sites is 1. The predicted molar refractivity (Wildman–Crippen MR) is 103 cm³/mol. The molecule has 4 unspecified atom stereocenters. The van der Waals surface area contributed by atoms with Crippen LogP contribution in [0.1, 0.15) is 24.6 Å². The summed E-state index contributed by atoms with van der Waals surface area (Å²) in [6, 6.07) is 9.04. The third-order valence-electron chi connectivity index (χ3n) is 6.83. The van der Waals surface area contributed by atoms with Crippen molar-refractivity contribution in [2.45, 2.75) is 38.3 Å². The molecule has 0 radical (unpaired) electrons. The summed E-state index contributed by atoms with van der Waals surface area (Å²) in [5.41, 5.74) is 4.78. The number of esters is 1. The van der Waals surface area contributed by atoms with Crippen molar-refractivity contribution in [2.75, 3.05) is 20.2 Å². The maximum atomic E-state index is 12.3. The van der Waals surface area contributed by atoms with Crippen LogP contribution in [-0.4, -0.2) is 48.2 Å². The first-order valence-corrected chi connectivity index (χ1v) is 9.92. The van der Waals surface area contributed by atoms with Gasteiger partial charge in [-0.15, -0.1) is 0 Å². The number of aromatic nitrogens is 1. The summed E-state index contributed by atoms with van der Waals surface area (Å²) in [5.74, 6) is 0.312. The van der Waals surface area contributed by atoms with Crippen LogP contribution in [0.2, 0.25) is 0 Å². The molecule has 1 aromatic heterocycles. The number of carbonyl (C=O) groups is 1. The Kier molecular flexibility index (Phi) is 4.01. The molecule has 27 heavy (non-hydrogen) atoms. The molecule has 4 heterocycles. The third kappa shape index (κ3) is 2.67. The number of H-pyrrole nitrogens is 1. The Labute approximate surface area is 159 Å². The number of hydrogen-bond donors (Lipinski definition) is 1. The first-order chi connectivity index (χ1) is 13.2. The van der Waals surface area contributed by atoms with E-state index in [0.717, 1.165) is 32.4 Å². The largest absolute Gasteiger partial charge is 0.497 e. The summed E-state index contributed by atoms with van der Waals surface area (Å²) < 4.78 is 10.8. The Bertz CT molecular complexity index is 915. The molecule has 1 saturated heterocycles. The minimum atomic E-state index is -0.245. The second-order valence-electron chi connectivity index (χ2n) is 8.14. The highest BCUT2D eigenvalue weighted by molar-refractivity contribution is 5.89. The van der Waals surface area contributed by atoms with E-state index in [1.165, 1.54) is 29.3 Å². The van der Waals surface area contributed by atoms with Gasteiger partial charge < -0.3 is 14.5 Å². The summed E-state index contributed by atoms with van der Waals surface area (Å²) in [7, 11) is 1.45. The van der Waals surface area contributed by atoms with Gasteiger partial charge >= 0.3 is 5.97 Å². The average Bonchev–Trinajstić information content (AvgIpc) is 2.93. The van der Waals surface area contributed by atoms with E-state index >= 15 is 0 Å². The van der Waals surface area contributed by atoms with Gasteiger partial charge in [0.2, 0.25) is 0 Å². The van der Waals surface area contributed by atoms with E-state index in [1.807, 2.05) is 0 Å². The van der Waals surface area contributed by atoms with E-state index in [-0.39, 0.29) is 18.0 Å². The van der Waals surface area contributed by atoms with Crippen molar-refractivity contribution in [1.29, 1.82) is 0 Å². The predicted octanol–water partition coefficient (Wildman–Crippen LogP) is 3.05. The second kappa shape index (κ2) is 6.41. The zero-order chi connectivity index (χ0) is 18.5. The van der Waals surface area contributed by atoms with Gasteiger partial charge in [-0.3, -0.25) is 4.90 Å². The normalized spacial score (nSPS) is 30.4. The molecule has 1 fully saturated rings. The fourth-order valence-electron chi connectivity index (χ4n) is 5.38. The van der Waals surface area contributed by atoms with Crippen LogP contribution in [0.25, 0.3) is 10.9 Å². The van der Waals surface area contributed by atoms with Crippen molar-refractivity contribution in [3.63, 3.8) is 0 Å². The van der Waals surface area contributed by atoms with Gasteiger partial charge in [0.05, 0.1) is 25.0 Å². The fraction of sp³-hybridized carbons (Fsp3) is 0.500. The molecule has 5 rings (SSSR count). The average molecular weight is 366 g/mol. The maximum absolute atomic E-state index is 12.3. The summed E-state index contributed by atoms with van der Waals surface area (Å²) in [6.45, 7) is 4.16. The smallest absolute Gasteiger partial charge is 0.337 e. The minimum Gasteiger partial charge on any atom is -0.497 e. The standard InChI is InChI=1S/C22H26N2O3/c1-13-18-11-24-8-7-16-15-5-3-4-6-20(15)23-21(16)10-14(24)9-17(18)19(12-27-13)22(25)26-2/h3-6,12-14,17-18,23H,7-11H2,1-2H3. The van der Waals surface area contributed by atoms with Crippen LogP contribution >= 0.6 is 0 Å². The number of aromatic amines is 1. The number of rotatable bonds is 1. The molecule has 4 atom stereocenters. The van der Waals surface area contributed by atoms with Crippen molar-refractivity contribution >= 4 is 16.9 Å². The topological polar surface area (TPSA) is 54.6 Å². The minimum absolute atomic E-state index is 0.131. The van der Waals surface area contributed by atoms with Crippen LogP contribution in [0, 0.1) is 11.8 Å². The highest BCUT2D eigenvalue weighted by atomic mass is 16.5. The van der Waals surface area contributed by atoms with Gasteiger partial charge in [0.25, 0.3) is 0 Å². The zero-order valence-corrected chi connectivity index (χ0v) is 15.9. The summed E-state index contributed by atoms with van der Waals surface area (Å²) in [6.07, 6.45) is 4.84. The number of piperidine rings is 1. The Morgan fingerprint density at radius 2 is 2.19 bits per heavy atom. The fourth-order valence-corrected chi connectivity index (χ4v) is 5.38. The van der Waals surface area contributed by atoms with Crippen molar-refractivity contribution < 1.29 is 14.3 Å². The van der Waals surface area contributed by atoms with Crippen molar-refractivity contribution in [3.05, 3.63) is 47.4 Å². The molecular formula is C22H26N2O3. The van der Waals surface area contributed by atoms with E-state index in [0.29, 0.717) is 17.5 Å². The summed E-state index contributed by atoms with van der Waals surface area (Å²) in [5, 5.41) is 1.36. The molecule has 0 spiro atoms. The molecule has 2 aromatic rings. The lowest BCUT2D eigenvalue weighted by atomic mass is 9.73. The van der Waals surface area contributed by atoms with Crippen LogP contribution in [0.3, 0.4) is 0 Å². The van der Waals surface area contributed by atoms with Gasteiger partial charge in [0.1, 0.15) is 0 Å². The van der Waals surface area contributed by atoms with Gasteiger partial charge in [0.15, 0.2) is 0 Å². The SMILES string of the molecule is COC(=O)C1=COC(C)C2CN3CCc4c([nH]c5ccccc45)CC3CC12. The van der Waals surface area contributed by atoms with Gasteiger partial charge in [0, 0.05) is 54.0 Å². The molecule has 3 aliphatic heterocycles. The number of hydrogen-bond acceptors (Lipinski definition) is 4. The number of fused-ring (bicyclic) bond motifs is 5. The van der Waals surface area contributed by atoms with E-state index in [1.54, 1.807) is 6.26 Å². The Morgan fingerprint density at radius 3 is 3.04 bits per heavy atom.